The molecule has 0 radical (unpaired) electrons. The number of nitrogens with two attached hydrogens (primary N) is 1. The number of nitrogens with one attached hydrogen (secondary N) is 5. The zero-order valence-electron chi connectivity index (χ0n) is 82.1. The Morgan fingerprint density at radius 3 is 1.58 bits per heavy atom. The van der Waals surface area contributed by atoms with E-state index < -0.39 is 40.5 Å². The third-order valence-electron chi connectivity index (χ3n) is 28.0. The first-order valence-corrected chi connectivity index (χ1v) is 47.6. The molecule has 7 unspecified atom stereocenters. The van der Waals surface area contributed by atoms with Gasteiger partial charge in [-0.25, -0.2) is 38.4 Å². The van der Waals surface area contributed by atoms with Gasteiger partial charge >= 0.3 is 16.8 Å². The molecule has 7 N–H and O–H groups in total. The molecule has 28 atom stereocenters. The lowest BCUT2D eigenvalue weighted by Crippen LogP contribution is -3.00. The molecule has 8 aromatic rings. The van der Waals surface area contributed by atoms with Crippen molar-refractivity contribution in [3.8, 4) is 0 Å². The predicted octanol–water partition coefficient (Wildman–Crippen LogP) is 0.0763. The Hall–Kier alpha value is -8.53. The van der Waals surface area contributed by atoms with Crippen LogP contribution in [0.1, 0.15) is 165 Å². The van der Waals surface area contributed by atoms with Crippen molar-refractivity contribution in [2.24, 2.45) is 12.8 Å². The first-order valence-electron chi connectivity index (χ1n) is 47.6. The fraction of sp³-hybridized carbons (Fsp3) is 0.714. The van der Waals surface area contributed by atoms with Gasteiger partial charge in [0.15, 0.2) is 83.1 Å². The van der Waals surface area contributed by atoms with Crippen molar-refractivity contribution in [1.29, 1.82) is 0 Å². The summed E-state index contributed by atoms with van der Waals surface area (Å²) in [6, 6.07) is 5.56. The second kappa shape index (κ2) is 35.8. The molecular weight excluding hydrogens is 1930 g/mol. The summed E-state index contributed by atoms with van der Waals surface area (Å²) in [6.45, 7) is 43.2. The van der Waals surface area contributed by atoms with Crippen molar-refractivity contribution in [2.45, 2.75) is 403 Å². The summed E-state index contributed by atoms with van der Waals surface area (Å²) in [6.07, 6.45) is 6.26. The summed E-state index contributed by atoms with van der Waals surface area (Å²) in [4.78, 5) is 81.3. The van der Waals surface area contributed by atoms with Crippen LogP contribution in [0.5, 0.6) is 0 Å². The van der Waals surface area contributed by atoms with Crippen molar-refractivity contribution >= 4 is 51.3 Å². The molecule has 0 aliphatic carbocycles. The van der Waals surface area contributed by atoms with E-state index in [1.807, 2.05) is 180 Å². The zero-order valence-corrected chi connectivity index (χ0v) is 84.2. The molecule has 48 heteroatoms. The van der Waals surface area contributed by atoms with E-state index in [2.05, 4.69) is 84.9 Å². The Morgan fingerprint density at radius 1 is 0.468 bits per heavy atom. The standard InChI is InChI=1S/C15H19N4O4.C14H16N4O4.C14H20N4O4.C14H21N3O3.C13H17N3O3.C12H15N3O4.C9H17NO3.HI/c1-7-16-12(20)9-13-18(7)5-8-10-11(23-15(2,3)22-10)14(21-8)19(13)6-17(9)4;1-6-16-11(19)8-12-17(6)4-7-9-10(22-14(2,3)21-9)13(20-7)18(12)5-15-8;1-6-16-12(19)8(15-4)11-17-13-10-9(21-14(2,3)22-10)7(20-13)5-18(6)11;1-5-9-11-12(20-14(3,4)19-11)13(18-9)17-10-6-7-15-8(2)16-10;1-7-14-5-4-9-15-12-11-10(18-13(2,3)19-11)8(17-12)6-16(7)9;1-12(2)18-8-6-5-15-7(3-4-13-11(15)16)14-10(17-6)9(8)19-12;1-4-5-6-7(8(10)11-5)13-9(2,3)12-6;/h6,8,10-11,14H,5H2,1-4H3;5,7,9-10,13H,4H2,1-3H3;7,9-10,13,15,17H,5H2,1-4H3;6-7,9,11-13H,5H2,1-4H3,(H,15,16,17);4-5,8,10-12H,6H2,1-3H3;3-4,6,8-10,14H,5H2,1-2H3;5-8H,4,10H2,1-3H3;1H/q+1;;;;;;;/t8-,10+,11?,14-;2*7-,9+,10?,13-;9-,11+,12?,13-;8-,10+,11?,12-;6-,8+,9?,10-;5-,6+,7?,8-;/m1111111./s1. The van der Waals surface area contributed by atoms with E-state index in [9.17, 15) is 19.2 Å². The number of aryl methyl sites for hydroxylation is 6. The lowest BCUT2D eigenvalue weighted by atomic mass is 10.1. The van der Waals surface area contributed by atoms with Gasteiger partial charge in [0.25, 0.3) is 11.2 Å². The molecule has 0 amide bonds. The maximum atomic E-state index is 12.3. The number of anilines is 5. The lowest BCUT2D eigenvalue weighted by Gasteiger charge is -2.24. The monoisotopic (exact) mass is 2050 g/mol. The van der Waals surface area contributed by atoms with Crippen LogP contribution >= 0.6 is 0 Å². The third kappa shape index (κ3) is 17.9. The van der Waals surface area contributed by atoms with Crippen molar-refractivity contribution < 1.29 is 133 Å². The van der Waals surface area contributed by atoms with E-state index >= 15 is 0 Å². The molecule has 47 nitrogen and oxygen atoms in total. The zero-order chi connectivity index (χ0) is 97.3. The van der Waals surface area contributed by atoms with Crippen molar-refractivity contribution in [3.05, 3.63) is 120 Å². The summed E-state index contributed by atoms with van der Waals surface area (Å²) in [5.41, 5.74) is 7.68. The van der Waals surface area contributed by atoms with Gasteiger partial charge in [0.05, 0.1) is 51.8 Å². The second-order valence-corrected chi connectivity index (χ2v) is 41.0. The molecule has 19 aliphatic rings. The second-order valence-electron chi connectivity index (χ2n) is 41.0. The summed E-state index contributed by atoms with van der Waals surface area (Å²) >= 11 is 0. The molecule has 0 spiro atoms. The normalized spacial score (nSPS) is 36.6. The van der Waals surface area contributed by atoms with E-state index in [1.54, 1.807) is 41.0 Å². The minimum Gasteiger partial charge on any atom is -1.00 e. The Kier molecular flexibility index (Phi) is 25.2. The van der Waals surface area contributed by atoms with E-state index in [4.69, 9.17) is 105 Å². The van der Waals surface area contributed by atoms with Crippen LogP contribution in [0.3, 0.4) is 0 Å². The van der Waals surface area contributed by atoms with Crippen LogP contribution in [-0.2, 0) is 139 Å². The fourth-order valence-electron chi connectivity index (χ4n) is 22.5. The molecule has 27 heterocycles. The highest BCUT2D eigenvalue weighted by atomic mass is 127. The summed E-state index contributed by atoms with van der Waals surface area (Å²) in [5, 5.41) is 16.1. The maximum absolute atomic E-state index is 12.3. The summed E-state index contributed by atoms with van der Waals surface area (Å²) in [5.74, 6) is 2.75. The Morgan fingerprint density at radius 2 is 0.942 bits per heavy atom. The van der Waals surface area contributed by atoms with Gasteiger partial charge < -0.3 is 160 Å². The molecule has 10 bridgehead atoms. The molecule has 27 rings (SSSR count). The van der Waals surface area contributed by atoms with Gasteiger partial charge in [0.1, 0.15) is 181 Å². The molecule has 756 valence electrons. The van der Waals surface area contributed by atoms with Crippen molar-refractivity contribution in [2.75, 3.05) is 33.6 Å². The number of nitrogens with zero attached hydrogens (tertiary/aromatic N) is 16. The lowest BCUT2D eigenvalue weighted by molar-refractivity contribution is -0.745. The number of hydrogen-bond acceptors (Lipinski definition) is 39. The number of aromatic nitrogens is 16. The van der Waals surface area contributed by atoms with Crippen LogP contribution < -0.4 is 87.8 Å². The average Bonchev–Trinajstić information content (AvgIpc) is 1.56. The van der Waals surface area contributed by atoms with Crippen molar-refractivity contribution in [3.63, 3.8) is 0 Å². The number of fused-ring (bicyclic) bond motifs is 32. The van der Waals surface area contributed by atoms with Crippen LogP contribution in [0, 0.1) is 34.6 Å². The van der Waals surface area contributed by atoms with Crippen molar-refractivity contribution in [1.82, 2.24) is 67.3 Å². The van der Waals surface area contributed by atoms with Crippen LogP contribution in [0.4, 0.5) is 29.0 Å². The Balaban J connectivity index is 0.000000100. The Bertz CT molecular complexity index is 6290. The quantitative estimate of drug-likeness (QED) is 0.0981. The minimum atomic E-state index is -0.631. The Labute approximate surface area is 816 Å². The molecule has 19 aliphatic heterocycles. The first-order chi connectivity index (χ1) is 65.3. The highest BCUT2D eigenvalue weighted by Crippen LogP contribution is 2.50. The minimum absolute atomic E-state index is 0. The largest absolute Gasteiger partial charge is 1.00 e. The molecule has 8 aromatic heterocycles. The molecule has 14 saturated heterocycles. The van der Waals surface area contributed by atoms with Gasteiger partial charge in [-0.1, -0.05) is 13.8 Å². The van der Waals surface area contributed by atoms with Gasteiger partial charge in [-0.3, -0.25) is 33.4 Å². The SMILES string of the molecule is CC1(C)OC2[C@@H]3Nc4ccnc(=O)n4C[C@@H](O3)[C@@H]2O1.CC[C@H]1O[C@@H](N)C2OC(C)(C)O[C@H]21.CC[C@H]1O[C@@H](Nc2ccnc(C)n2)C2OC(C)(C)O[C@H]21.CNc1c2n(c(C)nc1=O)C[C@H]1O[C@@H](N2)C2OC(C)(C)O[C@H]21.Cc1nc(=O)c2c3n1C[C@H]1O[C@H](C4OC(C)(C)O[C@H]41)[n+]3cn2C.Cc1nc(=O)c2ncn3c2n1C[C@H]1O[C@@H]3C2OC(C)(C)O[C@H]21.Cc1nccc2[n+]1C[C@H]1O[C@@H](N2)C2OC(C)(C)O[C@H]21.[I-]. The van der Waals surface area contributed by atoms with Crippen LogP contribution in [0.15, 0.2) is 68.6 Å². The number of rotatable bonds is 5. The highest BCUT2D eigenvalue weighted by molar-refractivity contribution is 5.71. The number of ether oxygens (including phenoxy) is 21. The number of imidazole rings is 2. The average molecular weight is 2060 g/mol. The van der Waals surface area contributed by atoms with E-state index in [-0.39, 0.29) is 218 Å². The highest BCUT2D eigenvalue weighted by Gasteiger charge is 2.65. The van der Waals surface area contributed by atoms with Crippen LogP contribution in [-0.4, -0.2) is 274 Å². The molecular formula is C91H126IN22O25+. The maximum Gasteiger partial charge on any atom is 0.349 e. The van der Waals surface area contributed by atoms with Gasteiger partial charge in [0.2, 0.25) is 29.6 Å². The fourth-order valence-corrected chi connectivity index (χ4v) is 22.5. The number of hydrogen-bond donors (Lipinski definition) is 6. The third-order valence-corrected chi connectivity index (χ3v) is 28.0. The molecule has 14 fully saturated rings. The van der Waals surface area contributed by atoms with Gasteiger partial charge in [-0.15, -0.1) is 4.98 Å². The van der Waals surface area contributed by atoms with Crippen LogP contribution in [0.2, 0.25) is 0 Å². The van der Waals surface area contributed by atoms with Gasteiger partial charge in [-0.2, -0.15) is 15.0 Å². The molecule has 139 heavy (non-hydrogen) atoms. The van der Waals surface area contributed by atoms with E-state index in [0.717, 1.165) is 54.0 Å². The summed E-state index contributed by atoms with van der Waals surface area (Å²) in [7, 11) is 3.56. The predicted molar refractivity (Wildman–Crippen MR) is 481 cm³/mol. The van der Waals surface area contributed by atoms with Crippen LogP contribution in [0.25, 0.3) is 22.3 Å². The first kappa shape index (κ1) is 97.9. The smallest absolute Gasteiger partial charge is 0.349 e. The van der Waals surface area contributed by atoms with E-state index in [1.165, 1.54) is 6.20 Å². The molecule has 0 saturated carbocycles. The molecule has 0 aromatic carbocycles. The topological polar surface area (TPSA) is 489 Å². The van der Waals surface area contributed by atoms with Gasteiger partial charge in [-0.05, 0) is 143 Å². The number of halogens is 1. The summed E-state index contributed by atoms with van der Waals surface area (Å²) < 4.78 is 140. The van der Waals surface area contributed by atoms with E-state index in [0.29, 0.717) is 72.0 Å². The van der Waals surface area contributed by atoms with Gasteiger partial charge in [0, 0.05) is 39.4 Å².